The van der Waals surface area contributed by atoms with Gasteiger partial charge in [0.15, 0.2) is 0 Å². The second kappa shape index (κ2) is 8.04. The van der Waals surface area contributed by atoms with E-state index < -0.39 is 11.5 Å². The van der Waals surface area contributed by atoms with Crippen molar-refractivity contribution >= 4 is 45.7 Å². The smallest absolute Gasteiger partial charge is 0.272 e. The summed E-state index contributed by atoms with van der Waals surface area (Å²) >= 11 is 11.9. The molecule has 1 aromatic heterocycles. The molecule has 0 aliphatic carbocycles. The van der Waals surface area contributed by atoms with Crippen LogP contribution in [0.3, 0.4) is 0 Å². The van der Waals surface area contributed by atoms with Crippen molar-refractivity contribution in [2.45, 2.75) is 20.4 Å². The Morgan fingerprint density at radius 3 is 2.61 bits per heavy atom. The summed E-state index contributed by atoms with van der Waals surface area (Å²) < 4.78 is 1.54. The Morgan fingerprint density at radius 1 is 1.21 bits per heavy atom. The predicted molar refractivity (Wildman–Crippen MR) is 112 cm³/mol. The molecular formula is C20H17Cl2N3O3. The van der Waals surface area contributed by atoms with Crippen molar-refractivity contribution in [2.24, 2.45) is 5.10 Å². The first-order valence-electron chi connectivity index (χ1n) is 8.49. The van der Waals surface area contributed by atoms with E-state index in [9.17, 15) is 14.7 Å². The predicted octanol–water partition coefficient (Wildman–Crippen LogP) is 4.19. The quantitative estimate of drug-likeness (QED) is 0.492. The Bertz CT molecular complexity index is 1170. The maximum atomic E-state index is 12.9. The maximum absolute atomic E-state index is 12.9. The number of hydrogen-bond donors (Lipinski definition) is 2. The third-order valence-corrected chi connectivity index (χ3v) is 4.87. The van der Waals surface area contributed by atoms with Crippen LogP contribution in [0, 0.1) is 0 Å². The zero-order chi connectivity index (χ0) is 20.4. The van der Waals surface area contributed by atoms with E-state index in [4.69, 9.17) is 23.2 Å². The summed E-state index contributed by atoms with van der Waals surface area (Å²) in [6, 6.07) is 11.5. The van der Waals surface area contributed by atoms with Crippen LogP contribution in [-0.4, -0.2) is 21.3 Å². The van der Waals surface area contributed by atoms with Crippen LogP contribution in [0.5, 0.6) is 5.75 Å². The number of amides is 1. The lowest BCUT2D eigenvalue weighted by molar-refractivity contribution is 0.0955. The SMILES string of the molecule is CCn1c(=O)c(/C(C)=N\NC(=O)c2ccc(Cl)cc2Cl)c(O)c2ccccc21. The molecule has 6 nitrogen and oxygen atoms in total. The van der Waals surface area contributed by atoms with Crippen LogP contribution in [0.25, 0.3) is 10.9 Å². The number of hydrazone groups is 1. The minimum Gasteiger partial charge on any atom is -0.506 e. The molecule has 0 atom stereocenters. The third-order valence-electron chi connectivity index (χ3n) is 4.32. The van der Waals surface area contributed by atoms with E-state index in [1.807, 2.05) is 6.92 Å². The van der Waals surface area contributed by atoms with Crippen LogP contribution in [0.4, 0.5) is 0 Å². The fraction of sp³-hybridized carbons (Fsp3) is 0.150. The third kappa shape index (κ3) is 3.61. The van der Waals surface area contributed by atoms with Crippen LogP contribution in [-0.2, 0) is 6.54 Å². The Hall–Kier alpha value is -2.83. The van der Waals surface area contributed by atoms with Gasteiger partial charge >= 0.3 is 0 Å². The summed E-state index contributed by atoms with van der Waals surface area (Å²) in [5, 5.41) is 15.7. The maximum Gasteiger partial charge on any atom is 0.272 e. The van der Waals surface area contributed by atoms with E-state index >= 15 is 0 Å². The lowest BCUT2D eigenvalue weighted by Crippen LogP contribution is -2.27. The molecular weight excluding hydrogens is 401 g/mol. The number of aryl methyl sites for hydroxylation is 1. The van der Waals surface area contributed by atoms with Crippen molar-refractivity contribution in [1.82, 2.24) is 9.99 Å². The summed E-state index contributed by atoms with van der Waals surface area (Å²) in [5.74, 6) is -0.734. The number of halogens is 2. The van der Waals surface area contributed by atoms with Gasteiger partial charge in [0.1, 0.15) is 11.3 Å². The van der Waals surface area contributed by atoms with Gasteiger partial charge in [0.25, 0.3) is 11.5 Å². The van der Waals surface area contributed by atoms with Crippen molar-refractivity contribution in [3.63, 3.8) is 0 Å². The van der Waals surface area contributed by atoms with Crippen LogP contribution in [0.1, 0.15) is 29.8 Å². The van der Waals surface area contributed by atoms with Gasteiger partial charge in [-0.1, -0.05) is 35.3 Å². The molecule has 3 aromatic rings. The van der Waals surface area contributed by atoms with Gasteiger partial charge in [-0.3, -0.25) is 9.59 Å². The molecule has 0 saturated heterocycles. The molecule has 1 heterocycles. The zero-order valence-corrected chi connectivity index (χ0v) is 16.7. The molecule has 0 saturated carbocycles. The Balaban J connectivity index is 2.02. The number of aromatic nitrogens is 1. The molecule has 3 rings (SSSR count). The number of rotatable bonds is 4. The van der Waals surface area contributed by atoms with E-state index in [1.54, 1.807) is 28.8 Å². The monoisotopic (exact) mass is 417 g/mol. The normalized spacial score (nSPS) is 11.6. The van der Waals surface area contributed by atoms with Gasteiger partial charge in [0, 0.05) is 17.0 Å². The number of nitrogens with one attached hydrogen (secondary N) is 1. The van der Waals surface area contributed by atoms with Gasteiger partial charge in [0.05, 0.1) is 21.8 Å². The number of carbonyl (C=O) groups excluding carboxylic acids is 1. The number of benzene rings is 2. The van der Waals surface area contributed by atoms with Gasteiger partial charge in [-0.2, -0.15) is 5.10 Å². The van der Waals surface area contributed by atoms with Gasteiger partial charge in [0.2, 0.25) is 0 Å². The van der Waals surface area contributed by atoms with Gasteiger partial charge in [-0.15, -0.1) is 0 Å². The van der Waals surface area contributed by atoms with E-state index in [-0.39, 0.29) is 27.6 Å². The highest BCUT2D eigenvalue weighted by Crippen LogP contribution is 2.26. The van der Waals surface area contributed by atoms with E-state index in [0.717, 1.165) is 0 Å². The lowest BCUT2D eigenvalue weighted by Gasteiger charge is -2.13. The highest BCUT2D eigenvalue weighted by Gasteiger charge is 2.18. The molecule has 0 fully saturated rings. The van der Waals surface area contributed by atoms with Crippen LogP contribution in [0.2, 0.25) is 10.0 Å². The molecule has 2 aromatic carbocycles. The van der Waals surface area contributed by atoms with Crippen LogP contribution < -0.4 is 11.0 Å². The minimum atomic E-state index is -0.558. The van der Waals surface area contributed by atoms with Gasteiger partial charge in [-0.25, -0.2) is 5.43 Å². The second-order valence-electron chi connectivity index (χ2n) is 6.05. The summed E-state index contributed by atoms with van der Waals surface area (Å²) in [6.45, 7) is 3.80. The molecule has 0 aliphatic heterocycles. The Kier molecular flexibility index (Phi) is 5.72. The second-order valence-corrected chi connectivity index (χ2v) is 6.90. The highest BCUT2D eigenvalue weighted by molar-refractivity contribution is 6.36. The first-order valence-corrected chi connectivity index (χ1v) is 9.25. The van der Waals surface area contributed by atoms with Crippen molar-refractivity contribution in [2.75, 3.05) is 0 Å². The average Bonchev–Trinajstić information content (AvgIpc) is 2.66. The number of hydrogen-bond acceptors (Lipinski definition) is 4. The molecule has 0 aliphatic rings. The number of nitrogens with zero attached hydrogens (tertiary/aromatic N) is 2. The average molecular weight is 418 g/mol. The first-order chi connectivity index (χ1) is 13.3. The number of carbonyl (C=O) groups is 1. The molecule has 0 radical (unpaired) electrons. The van der Waals surface area contributed by atoms with Gasteiger partial charge in [-0.05, 0) is 44.2 Å². The van der Waals surface area contributed by atoms with Gasteiger partial charge < -0.3 is 9.67 Å². The van der Waals surface area contributed by atoms with Crippen molar-refractivity contribution < 1.29 is 9.90 Å². The number of para-hydroxylation sites is 1. The minimum absolute atomic E-state index is 0.0306. The number of pyridine rings is 1. The molecule has 2 N–H and O–H groups in total. The lowest BCUT2D eigenvalue weighted by atomic mass is 10.1. The summed E-state index contributed by atoms with van der Waals surface area (Å²) in [7, 11) is 0. The van der Waals surface area contributed by atoms with Crippen LogP contribution in [0.15, 0.2) is 52.4 Å². The zero-order valence-electron chi connectivity index (χ0n) is 15.2. The molecule has 28 heavy (non-hydrogen) atoms. The number of fused-ring (bicyclic) bond motifs is 1. The van der Waals surface area contributed by atoms with E-state index in [2.05, 4.69) is 10.5 Å². The van der Waals surface area contributed by atoms with Crippen LogP contribution >= 0.6 is 23.2 Å². The molecule has 144 valence electrons. The molecule has 0 bridgehead atoms. The molecule has 1 amide bonds. The topological polar surface area (TPSA) is 83.7 Å². The fourth-order valence-electron chi connectivity index (χ4n) is 2.95. The fourth-order valence-corrected chi connectivity index (χ4v) is 3.45. The molecule has 0 unspecified atom stereocenters. The van der Waals surface area contributed by atoms with E-state index in [1.165, 1.54) is 25.1 Å². The summed E-state index contributed by atoms with van der Waals surface area (Å²) in [4.78, 5) is 25.2. The van der Waals surface area contributed by atoms with Crippen molar-refractivity contribution in [3.05, 3.63) is 74.0 Å². The largest absolute Gasteiger partial charge is 0.506 e. The van der Waals surface area contributed by atoms with Crippen molar-refractivity contribution in [3.8, 4) is 5.75 Å². The Morgan fingerprint density at radius 2 is 1.93 bits per heavy atom. The summed E-state index contributed by atoms with van der Waals surface area (Å²) in [6.07, 6.45) is 0. The standard InChI is InChI=1S/C20H17Cl2N3O3/c1-3-25-16-7-5-4-6-14(16)18(26)17(20(25)28)11(2)23-24-19(27)13-9-8-12(21)10-15(13)22/h4-10,26H,3H2,1-2H3,(H,24,27)/b23-11-. The molecule has 8 heteroatoms. The van der Waals surface area contributed by atoms with E-state index in [0.29, 0.717) is 22.5 Å². The van der Waals surface area contributed by atoms with Crippen molar-refractivity contribution in [1.29, 1.82) is 0 Å². The Labute approximate surface area is 171 Å². The number of aromatic hydroxyl groups is 1. The first kappa shape index (κ1) is 19.9. The summed E-state index contributed by atoms with van der Waals surface area (Å²) in [5.41, 5.74) is 2.99. The highest BCUT2D eigenvalue weighted by atomic mass is 35.5. The molecule has 0 spiro atoms.